The quantitative estimate of drug-likeness (QED) is 0.404. The Kier molecular flexibility index (Phi) is 5.24. The number of halogens is 1. The van der Waals surface area contributed by atoms with Crippen LogP contribution in [-0.2, 0) is 4.79 Å². The van der Waals surface area contributed by atoms with E-state index in [1.54, 1.807) is 18.5 Å². The second-order valence-corrected chi connectivity index (χ2v) is 8.26. The highest BCUT2D eigenvalue weighted by molar-refractivity contribution is 8.18. The van der Waals surface area contributed by atoms with E-state index in [1.807, 2.05) is 66.7 Å². The van der Waals surface area contributed by atoms with E-state index in [1.165, 1.54) is 11.8 Å². The third-order valence-corrected chi connectivity index (χ3v) is 5.93. The molecule has 1 fully saturated rings. The molecule has 5 rings (SSSR count). The fourth-order valence-electron chi connectivity index (χ4n) is 3.22. The lowest BCUT2D eigenvalue weighted by Gasteiger charge is -2.04. The first-order chi connectivity index (χ1) is 15.2. The van der Waals surface area contributed by atoms with Gasteiger partial charge in [-0.05, 0) is 65.9 Å². The van der Waals surface area contributed by atoms with Gasteiger partial charge in [-0.2, -0.15) is 0 Å². The zero-order valence-electron chi connectivity index (χ0n) is 16.1. The number of amidine groups is 1. The first-order valence-corrected chi connectivity index (χ1v) is 10.7. The number of aliphatic imine (C=N–C) groups is 1. The highest BCUT2D eigenvalue weighted by Crippen LogP contribution is 2.33. The summed E-state index contributed by atoms with van der Waals surface area (Å²) in [5.41, 5.74) is 4.15. The zero-order chi connectivity index (χ0) is 21.2. The Hall–Kier alpha value is -3.48. The molecule has 1 amide bonds. The first-order valence-electron chi connectivity index (χ1n) is 9.51. The van der Waals surface area contributed by atoms with Crippen molar-refractivity contribution >= 4 is 57.1 Å². The van der Waals surface area contributed by atoms with Gasteiger partial charge < -0.3 is 5.32 Å². The van der Waals surface area contributed by atoms with Crippen molar-refractivity contribution in [2.24, 2.45) is 4.99 Å². The lowest BCUT2D eigenvalue weighted by Crippen LogP contribution is -2.19. The molecule has 0 saturated carbocycles. The predicted octanol–water partition coefficient (Wildman–Crippen LogP) is 5.84. The molecule has 3 heterocycles. The topological polar surface area (TPSA) is 67.2 Å². The summed E-state index contributed by atoms with van der Waals surface area (Å²) < 4.78 is 0. The van der Waals surface area contributed by atoms with Crippen LogP contribution >= 0.6 is 23.4 Å². The number of fused-ring (bicyclic) bond motifs is 1. The fraction of sp³-hybridized carbons (Fsp3) is 0. The lowest BCUT2D eigenvalue weighted by molar-refractivity contribution is -0.115. The van der Waals surface area contributed by atoms with Crippen LogP contribution in [0.3, 0.4) is 0 Å². The molecule has 7 heteroatoms. The van der Waals surface area contributed by atoms with Gasteiger partial charge in [-0.1, -0.05) is 35.9 Å². The Morgan fingerprint density at radius 1 is 0.968 bits per heavy atom. The number of nitrogens with one attached hydrogen (secondary N) is 1. The zero-order valence-corrected chi connectivity index (χ0v) is 17.7. The van der Waals surface area contributed by atoms with Crippen molar-refractivity contribution in [2.75, 3.05) is 0 Å². The number of aromatic nitrogens is 2. The molecule has 2 aromatic heterocycles. The van der Waals surface area contributed by atoms with Crippen LogP contribution in [0.25, 0.3) is 28.2 Å². The lowest BCUT2D eigenvalue weighted by atomic mass is 10.1. The first kappa shape index (κ1) is 19.5. The van der Waals surface area contributed by atoms with Gasteiger partial charge in [-0.15, -0.1) is 0 Å². The Balaban J connectivity index is 1.43. The van der Waals surface area contributed by atoms with Crippen LogP contribution in [0.5, 0.6) is 0 Å². The van der Waals surface area contributed by atoms with E-state index in [0.29, 0.717) is 20.8 Å². The Labute approximate surface area is 187 Å². The van der Waals surface area contributed by atoms with Crippen LogP contribution in [0.1, 0.15) is 5.56 Å². The second-order valence-electron chi connectivity index (χ2n) is 6.82. The van der Waals surface area contributed by atoms with Crippen molar-refractivity contribution in [3.8, 4) is 11.3 Å². The number of amides is 1. The van der Waals surface area contributed by atoms with E-state index in [2.05, 4.69) is 20.3 Å². The SMILES string of the molecule is O=C1NC(=Nc2cc(-c3ccccn3)ccc2Cl)S/C1=C/c1ccc2ncccc2c1. The van der Waals surface area contributed by atoms with Crippen molar-refractivity contribution in [2.45, 2.75) is 0 Å². The normalized spacial score (nSPS) is 16.2. The molecule has 5 nitrogen and oxygen atoms in total. The van der Waals surface area contributed by atoms with Gasteiger partial charge in [-0.25, -0.2) is 4.99 Å². The maximum absolute atomic E-state index is 12.5. The number of carbonyl (C=O) groups is 1. The Morgan fingerprint density at radius 2 is 1.87 bits per heavy atom. The average molecular weight is 443 g/mol. The largest absolute Gasteiger partial charge is 0.300 e. The minimum Gasteiger partial charge on any atom is -0.300 e. The molecule has 0 atom stereocenters. The maximum atomic E-state index is 12.5. The number of rotatable bonds is 3. The van der Waals surface area contributed by atoms with Crippen molar-refractivity contribution in [1.29, 1.82) is 0 Å². The van der Waals surface area contributed by atoms with Crippen LogP contribution < -0.4 is 5.32 Å². The van der Waals surface area contributed by atoms with Crippen molar-refractivity contribution in [1.82, 2.24) is 15.3 Å². The Morgan fingerprint density at radius 3 is 2.74 bits per heavy atom. The minimum absolute atomic E-state index is 0.188. The van der Waals surface area contributed by atoms with E-state index in [9.17, 15) is 4.79 Å². The number of nitrogens with zero attached hydrogens (tertiary/aromatic N) is 3. The summed E-state index contributed by atoms with van der Waals surface area (Å²) in [5, 5.41) is 4.82. The summed E-state index contributed by atoms with van der Waals surface area (Å²) in [4.78, 5) is 26.3. The Bertz CT molecular complexity index is 1370. The summed E-state index contributed by atoms with van der Waals surface area (Å²) in [5.74, 6) is -0.188. The highest BCUT2D eigenvalue weighted by atomic mass is 35.5. The molecule has 2 aromatic carbocycles. The average Bonchev–Trinajstić information content (AvgIpc) is 3.14. The van der Waals surface area contributed by atoms with E-state index in [0.717, 1.165) is 27.7 Å². The van der Waals surface area contributed by atoms with Crippen molar-refractivity contribution < 1.29 is 4.79 Å². The van der Waals surface area contributed by atoms with Crippen LogP contribution in [0.15, 0.2) is 89.0 Å². The molecule has 0 unspecified atom stereocenters. The van der Waals surface area contributed by atoms with Crippen LogP contribution in [0, 0.1) is 0 Å². The summed E-state index contributed by atoms with van der Waals surface area (Å²) >= 11 is 7.63. The van der Waals surface area contributed by atoms with E-state index in [4.69, 9.17) is 11.6 Å². The molecule has 0 radical (unpaired) electrons. The predicted molar refractivity (Wildman–Crippen MR) is 127 cm³/mol. The molecule has 0 aliphatic carbocycles. The number of carbonyl (C=O) groups excluding carboxylic acids is 1. The maximum Gasteiger partial charge on any atom is 0.264 e. The molecule has 1 N–H and O–H groups in total. The molecule has 1 aliphatic rings. The van der Waals surface area contributed by atoms with Gasteiger partial charge >= 0.3 is 0 Å². The second kappa shape index (κ2) is 8.34. The van der Waals surface area contributed by atoms with Gasteiger partial charge in [0.1, 0.15) is 0 Å². The third kappa shape index (κ3) is 4.21. The third-order valence-electron chi connectivity index (χ3n) is 4.70. The number of hydrogen-bond acceptors (Lipinski definition) is 5. The number of hydrogen-bond donors (Lipinski definition) is 1. The summed E-state index contributed by atoms with van der Waals surface area (Å²) in [6.07, 6.45) is 5.35. The van der Waals surface area contributed by atoms with Gasteiger partial charge in [0, 0.05) is 23.3 Å². The summed E-state index contributed by atoms with van der Waals surface area (Å²) in [6.45, 7) is 0. The fourth-order valence-corrected chi connectivity index (χ4v) is 4.21. The van der Waals surface area contributed by atoms with Crippen LogP contribution in [0.4, 0.5) is 5.69 Å². The molecule has 1 saturated heterocycles. The molecular formula is C24H15ClN4OS. The minimum atomic E-state index is -0.188. The molecule has 4 aromatic rings. The van der Waals surface area contributed by atoms with Crippen molar-refractivity contribution in [3.63, 3.8) is 0 Å². The van der Waals surface area contributed by atoms with Gasteiger partial charge in [0.25, 0.3) is 5.91 Å². The molecule has 0 bridgehead atoms. The van der Waals surface area contributed by atoms with E-state index >= 15 is 0 Å². The van der Waals surface area contributed by atoms with Crippen molar-refractivity contribution in [3.05, 3.63) is 94.6 Å². The highest BCUT2D eigenvalue weighted by Gasteiger charge is 2.24. The number of thioether (sulfide) groups is 1. The monoisotopic (exact) mass is 442 g/mol. The molecule has 31 heavy (non-hydrogen) atoms. The van der Waals surface area contributed by atoms with E-state index < -0.39 is 0 Å². The van der Waals surface area contributed by atoms with Gasteiger partial charge in [0.2, 0.25) is 0 Å². The standard InChI is InChI=1S/C24H15ClN4OS/c25-18-8-7-17(19-5-1-2-10-26-19)14-21(18)28-24-29-23(30)22(31-24)13-15-6-9-20-16(12-15)4-3-11-27-20/h1-14H,(H,28,29,30)/b22-13+. The summed E-state index contributed by atoms with van der Waals surface area (Å²) in [7, 11) is 0. The number of benzene rings is 2. The van der Waals surface area contributed by atoms with Gasteiger partial charge in [0.05, 0.1) is 26.8 Å². The molecule has 1 aliphatic heterocycles. The van der Waals surface area contributed by atoms with E-state index in [-0.39, 0.29) is 5.91 Å². The van der Waals surface area contributed by atoms with Gasteiger partial charge in [-0.3, -0.25) is 14.8 Å². The van der Waals surface area contributed by atoms with Gasteiger partial charge in [0.15, 0.2) is 5.17 Å². The van der Waals surface area contributed by atoms with Crippen LogP contribution in [-0.4, -0.2) is 21.0 Å². The smallest absolute Gasteiger partial charge is 0.264 e. The molecule has 150 valence electrons. The molecular weight excluding hydrogens is 428 g/mol. The molecule has 0 spiro atoms. The number of pyridine rings is 2. The van der Waals surface area contributed by atoms with Crippen LogP contribution in [0.2, 0.25) is 5.02 Å². The summed E-state index contributed by atoms with van der Waals surface area (Å²) in [6, 6.07) is 21.0.